The second kappa shape index (κ2) is 5.86. The molecule has 4 rings (SSSR count). The van der Waals surface area contributed by atoms with Crippen molar-refractivity contribution in [1.82, 2.24) is 0 Å². The summed E-state index contributed by atoms with van der Waals surface area (Å²) in [6.45, 7) is 0.500. The van der Waals surface area contributed by atoms with E-state index in [2.05, 4.69) is 0 Å². The average Bonchev–Trinajstić information content (AvgIpc) is 3.10. The van der Waals surface area contributed by atoms with Crippen LogP contribution in [0.15, 0.2) is 29.2 Å². The van der Waals surface area contributed by atoms with Crippen LogP contribution in [0.1, 0.15) is 44.9 Å². The third-order valence-corrected chi connectivity index (χ3v) is 6.62. The van der Waals surface area contributed by atoms with E-state index < -0.39 is 4.87 Å². The predicted molar refractivity (Wildman–Crippen MR) is 89.3 cm³/mol. The molecule has 1 atom stereocenters. The van der Waals surface area contributed by atoms with Gasteiger partial charge in [0.15, 0.2) is 4.87 Å². The van der Waals surface area contributed by atoms with Gasteiger partial charge in [-0.2, -0.15) is 0 Å². The van der Waals surface area contributed by atoms with Crippen molar-refractivity contribution in [3.63, 3.8) is 0 Å². The van der Waals surface area contributed by atoms with Crippen molar-refractivity contribution < 1.29 is 14.3 Å². The molecule has 5 heteroatoms. The molecule has 23 heavy (non-hydrogen) atoms. The van der Waals surface area contributed by atoms with Crippen LogP contribution in [0, 0.1) is 5.92 Å². The Labute approximate surface area is 140 Å². The van der Waals surface area contributed by atoms with Crippen LogP contribution in [0.5, 0.6) is 0 Å². The number of carbonyl (C=O) groups excluding carboxylic acids is 2. The molecule has 0 bridgehead atoms. The highest BCUT2D eigenvalue weighted by Gasteiger charge is 2.58. The molecule has 122 valence electrons. The topological polar surface area (TPSA) is 46.6 Å². The molecule has 1 aliphatic carbocycles. The van der Waals surface area contributed by atoms with E-state index >= 15 is 0 Å². The maximum atomic E-state index is 12.9. The molecule has 4 nitrogen and oxygen atoms in total. The highest BCUT2D eigenvalue weighted by molar-refractivity contribution is 8.02. The molecule has 2 aliphatic heterocycles. The molecule has 1 aromatic carbocycles. The summed E-state index contributed by atoms with van der Waals surface area (Å²) in [6, 6.07) is 7.75. The van der Waals surface area contributed by atoms with E-state index in [0.717, 1.165) is 23.4 Å². The Hall–Kier alpha value is -1.49. The minimum Gasteiger partial charge on any atom is -0.463 e. The summed E-state index contributed by atoms with van der Waals surface area (Å²) in [5.41, 5.74) is 0.856. The van der Waals surface area contributed by atoms with Gasteiger partial charge in [0, 0.05) is 17.7 Å². The van der Waals surface area contributed by atoms with Gasteiger partial charge in [-0.15, -0.1) is 0 Å². The van der Waals surface area contributed by atoms with Gasteiger partial charge in [-0.3, -0.25) is 9.69 Å². The summed E-state index contributed by atoms with van der Waals surface area (Å²) >= 11 is 1.48. The number of thioether (sulfide) groups is 1. The third kappa shape index (κ3) is 2.45. The molecule has 1 aromatic rings. The summed E-state index contributed by atoms with van der Waals surface area (Å²) < 4.78 is 5.70. The van der Waals surface area contributed by atoms with Gasteiger partial charge in [0.2, 0.25) is 5.91 Å². The number of anilines is 1. The number of hydrogen-bond acceptors (Lipinski definition) is 4. The number of hydrogen-bond donors (Lipinski definition) is 0. The summed E-state index contributed by atoms with van der Waals surface area (Å²) in [5, 5.41) is 0. The van der Waals surface area contributed by atoms with Crippen molar-refractivity contribution in [3.8, 4) is 0 Å². The number of carbonyl (C=O) groups is 2. The lowest BCUT2D eigenvalue weighted by molar-refractivity contribution is -0.148. The average molecular weight is 331 g/mol. The summed E-state index contributed by atoms with van der Waals surface area (Å²) in [5.74, 6) is 0.274. The van der Waals surface area contributed by atoms with Gasteiger partial charge < -0.3 is 4.74 Å². The van der Waals surface area contributed by atoms with Crippen LogP contribution in [0.3, 0.4) is 0 Å². The fourth-order valence-corrected chi connectivity index (χ4v) is 5.34. The molecule has 1 unspecified atom stereocenters. The van der Waals surface area contributed by atoms with Crippen molar-refractivity contribution in [2.75, 3.05) is 11.5 Å². The van der Waals surface area contributed by atoms with Crippen LogP contribution in [0.25, 0.3) is 0 Å². The van der Waals surface area contributed by atoms with E-state index in [1.54, 1.807) is 4.90 Å². The number of rotatable bonds is 3. The third-order valence-electron chi connectivity index (χ3n) is 5.17. The molecule has 0 spiro atoms. The molecule has 2 heterocycles. The SMILES string of the molecule is O=C1CCC2(C(=O)OCC3CCCCC3)Sc3ccccc3N12. The minimum atomic E-state index is -0.866. The number of ether oxygens (including phenoxy) is 1. The Bertz CT molecular complexity index is 641. The zero-order valence-electron chi connectivity index (χ0n) is 13.1. The highest BCUT2D eigenvalue weighted by atomic mass is 32.2. The number of amides is 1. The molecule has 1 saturated heterocycles. The minimum absolute atomic E-state index is 0.0251. The normalized spacial score (nSPS) is 27.0. The van der Waals surface area contributed by atoms with Crippen molar-refractivity contribution in [3.05, 3.63) is 24.3 Å². The van der Waals surface area contributed by atoms with Gasteiger partial charge in [0.05, 0.1) is 12.3 Å². The maximum absolute atomic E-state index is 12.9. The molecule has 1 amide bonds. The highest BCUT2D eigenvalue weighted by Crippen LogP contribution is 2.56. The quantitative estimate of drug-likeness (QED) is 0.792. The zero-order chi connectivity index (χ0) is 15.9. The Kier molecular flexibility index (Phi) is 3.84. The van der Waals surface area contributed by atoms with Gasteiger partial charge in [-0.05, 0) is 30.9 Å². The standard InChI is InChI=1S/C18H21NO3S/c20-16-10-11-18(17(21)22-12-13-6-2-1-3-7-13)19(16)14-8-4-5-9-15(14)23-18/h4-5,8-9,13H,1-3,6-7,10-12H2. The fraction of sp³-hybridized carbons (Fsp3) is 0.556. The van der Waals surface area contributed by atoms with Gasteiger partial charge in [-0.1, -0.05) is 43.2 Å². The predicted octanol–water partition coefficient (Wildman–Crippen LogP) is 3.74. The van der Waals surface area contributed by atoms with Crippen LogP contribution < -0.4 is 4.90 Å². The molecule has 1 saturated carbocycles. The zero-order valence-corrected chi connectivity index (χ0v) is 13.9. The lowest BCUT2D eigenvalue weighted by atomic mass is 9.90. The Morgan fingerprint density at radius 2 is 2.04 bits per heavy atom. The first-order chi connectivity index (χ1) is 11.2. The Morgan fingerprint density at radius 3 is 2.87 bits per heavy atom. The first-order valence-electron chi connectivity index (χ1n) is 8.49. The van der Waals surface area contributed by atoms with Gasteiger partial charge in [-0.25, -0.2) is 4.79 Å². The van der Waals surface area contributed by atoms with E-state index in [1.165, 1.54) is 31.0 Å². The van der Waals surface area contributed by atoms with Crippen LogP contribution >= 0.6 is 11.8 Å². The summed E-state index contributed by atoms with van der Waals surface area (Å²) in [6.07, 6.45) is 7.01. The van der Waals surface area contributed by atoms with E-state index in [1.807, 2.05) is 24.3 Å². The number of nitrogens with zero attached hydrogens (tertiary/aromatic N) is 1. The van der Waals surface area contributed by atoms with E-state index in [4.69, 9.17) is 4.74 Å². The van der Waals surface area contributed by atoms with Crippen molar-refractivity contribution in [2.45, 2.75) is 54.7 Å². The van der Waals surface area contributed by atoms with Crippen molar-refractivity contribution in [2.24, 2.45) is 5.92 Å². The lowest BCUT2D eigenvalue weighted by Crippen LogP contribution is -2.48. The maximum Gasteiger partial charge on any atom is 0.343 e. The molecule has 0 N–H and O–H groups in total. The van der Waals surface area contributed by atoms with E-state index in [0.29, 0.717) is 25.4 Å². The van der Waals surface area contributed by atoms with Crippen LogP contribution in [0.4, 0.5) is 5.69 Å². The summed E-state index contributed by atoms with van der Waals surface area (Å²) in [4.78, 5) is 27.0. The summed E-state index contributed by atoms with van der Waals surface area (Å²) in [7, 11) is 0. The van der Waals surface area contributed by atoms with Crippen LogP contribution in [-0.2, 0) is 14.3 Å². The fourth-order valence-electron chi connectivity index (χ4n) is 3.93. The van der Waals surface area contributed by atoms with Gasteiger partial charge in [0.25, 0.3) is 0 Å². The second-order valence-electron chi connectivity index (χ2n) is 6.69. The van der Waals surface area contributed by atoms with Crippen molar-refractivity contribution in [1.29, 1.82) is 0 Å². The molecule has 0 radical (unpaired) electrons. The molecule has 0 aromatic heterocycles. The molecular formula is C18H21NO3S. The molecule has 3 aliphatic rings. The van der Waals surface area contributed by atoms with Gasteiger partial charge in [0.1, 0.15) is 0 Å². The van der Waals surface area contributed by atoms with E-state index in [9.17, 15) is 9.59 Å². The van der Waals surface area contributed by atoms with Crippen LogP contribution in [0.2, 0.25) is 0 Å². The van der Waals surface area contributed by atoms with Crippen LogP contribution in [-0.4, -0.2) is 23.4 Å². The second-order valence-corrected chi connectivity index (χ2v) is 8.01. The first-order valence-corrected chi connectivity index (χ1v) is 9.31. The van der Waals surface area contributed by atoms with Crippen molar-refractivity contribution >= 4 is 29.3 Å². The monoisotopic (exact) mass is 331 g/mol. The Morgan fingerprint density at radius 1 is 1.26 bits per heavy atom. The molecular weight excluding hydrogens is 310 g/mol. The van der Waals surface area contributed by atoms with E-state index in [-0.39, 0.29) is 11.9 Å². The lowest BCUT2D eigenvalue weighted by Gasteiger charge is -2.30. The van der Waals surface area contributed by atoms with Gasteiger partial charge >= 0.3 is 5.97 Å². The smallest absolute Gasteiger partial charge is 0.343 e. The number of fused-ring (bicyclic) bond motifs is 3. The molecule has 2 fully saturated rings. The number of para-hydroxylation sites is 1. The Balaban J connectivity index is 1.52. The number of benzene rings is 1. The number of esters is 1. The largest absolute Gasteiger partial charge is 0.463 e. The first kappa shape index (κ1) is 15.1.